The Kier molecular flexibility index (Phi) is 6.42. The molecule has 1 atom stereocenters. The van der Waals surface area contributed by atoms with Crippen molar-refractivity contribution in [3.8, 4) is 5.75 Å². The third kappa shape index (κ3) is 6.53. The van der Waals surface area contributed by atoms with Gasteiger partial charge in [-0.2, -0.15) is 0 Å². The monoisotopic (exact) mass is 409 g/mol. The van der Waals surface area contributed by atoms with Crippen LogP contribution in [0.1, 0.15) is 12.5 Å². The zero-order valence-corrected chi connectivity index (χ0v) is 15.8. The lowest BCUT2D eigenvalue weighted by Gasteiger charge is -2.32. The van der Waals surface area contributed by atoms with E-state index in [1.807, 2.05) is 19.1 Å². The molecule has 1 aliphatic heterocycles. The number of alkyl halides is 3. The summed E-state index contributed by atoms with van der Waals surface area (Å²) in [6.07, 6.45) is -2.80. The van der Waals surface area contributed by atoms with Gasteiger partial charge in [-0.25, -0.2) is 9.98 Å². The molecule has 3 N–H and O–H groups in total. The molecule has 1 saturated heterocycles. The predicted molar refractivity (Wildman–Crippen MR) is 104 cm³/mol. The molecule has 29 heavy (non-hydrogen) atoms. The van der Waals surface area contributed by atoms with Crippen molar-refractivity contribution in [3.05, 3.63) is 48.2 Å². The fraction of sp³-hybridized carbons (Fsp3) is 0.368. The third-order valence-electron chi connectivity index (χ3n) is 4.17. The smallest absolute Gasteiger partial charge is 0.406 e. The van der Waals surface area contributed by atoms with Gasteiger partial charge < -0.3 is 25.4 Å². The van der Waals surface area contributed by atoms with Crippen LogP contribution in [0.25, 0.3) is 0 Å². The summed E-state index contributed by atoms with van der Waals surface area (Å²) in [4.78, 5) is 10.9. The lowest BCUT2D eigenvalue weighted by Crippen LogP contribution is -2.41. The minimum atomic E-state index is -4.72. The Bertz CT molecular complexity index is 825. The summed E-state index contributed by atoms with van der Waals surface area (Å²) < 4.78 is 45.9. The van der Waals surface area contributed by atoms with E-state index in [0.29, 0.717) is 18.8 Å². The molecule has 0 radical (unpaired) electrons. The van der Waals surface area contributed by atoms with Crippen LogP contribution in [0.5, 0.6) is 5.75 Å². The first-order valence-electron chi connectivity index (χ1n) is 9.03. The van der Waals surface area contributed by atoms with Crippen molar-refractivity contribution < 1.29 is 22.6 Å². The number of benzene rings is 1. The zero-order valence-electron chi connectivity index (χ0n) is 15.8. The van der Waals surface area contributed by atoms with Gasteiger partial charge in [-0.3, -0.25) is 0 Å². The molecule has 7 nitrogen and oxygen atoms in total. The van der Waals surface area contributed by atoms with Crippen LogP contribution in [-0.4, -0.2) is 43.1 Å². The molecular weight excluding hydrogens is 387 g/mol. The highest BCUT2D eigenvalue weighted by Gasteiger charge is 2.30. The van der Waals surface area contributed by atoms with Crippen LogP contribution in [0.15, 0.2) is 47.6 Å². The summed E-state index contributed by atoms with van der Waals surface area (Å²) in [6.45, 7) is 4.63. The lowest BCUT2D eigenvalue weighted by atomic mass is 10.2. The number of ether oxygens (including phenoxy) is 2. The van der Waals surface area contributed by atoms with Gasteiger partial charge in [0.1, 0.15) is 11.6 Å². The maximum absolute atomic E-state index is 12.2. The Hall–Kier alpha value is -3.01. The molecule has 2 aromatic rings. The van der Waals surface area contributed by atoms with Crippen molar-refractivity contribution >= 4 is 17.5 Å². The first kappa shape index (κ1) is 20.7. The van der Waals surface area contributed by atoms with Gasteiger partial charge in [-0.05, 0) is 42.8 Å². The largest absolute Gasteiger partial charge is 0.573 e. The average molecular weight is 409 g/mol. The number of rotatable bonds is 5. The number of morpholine rings is 1. The molecule has 0 bridgehead atoms. The van der Waals surface area contributed by atoms with Gasteiger partial charge in [0.05, 0.1) is 19.3 Å². The van der Waals surface area contributed by atoms with Gasteiger partial charge in [0.25, 0.3) is 0 Å². The third-order valence-corrected chi connectivity index (χ3v) is 4.17. The number of pyridine rings is 1. The van der Waals surface area contributed by atoms with Gasteiger partial charge in [-0.15, -0.1) is 13.2 Å². The number of hydrogen-bond acceptors (Lipinski definition) is 5. The molecule has 0 amide bonds. The highest BCUT2D eigenvalue weighted by Crippen LogP contribution is 2.24. The van der Waals surface area contributed by atoms with Crippen molar-refractivity contribution in [2.45, 2.75) is 25.9 Å². The average Bonchev–Trinajstić information content (AvgIpc) is 2.67. The van der Waals surface area contributed by atoms with Gasteiger partial charge in [0, 0.05) is 25.0 Å². The van der Waals surface area contributed by atoms with Crippen molar-refractivity contribution in [1.29, 1.82) is 0 Å². The second-order valence-corrected chi connectivity index (χ2v) is 6.55. The Morgan fingerprint density at radius 1 is 1.31 bits per heavy atom. The standard InChI is InChI=1S/C19H22F3N5O2/c1-13-12-27(8-9-28-13)17-7-2-14(10-24-17)11-25-18(23)26-15-3-5-16(6-4-15)29-19(20,21)22/h2-7,10,13H,8-9,11-12H2,1H3,(H3,23,25,26). The second-order valence-electron chi connectivity index (χ2n) is 6.55. The van der Waals surface area contributed by atoms with Crippen molar-refractivity contribution in [2.24, 2.45) is 10.7 Å². The highest BCUT2D eigenvalue weighted by atomic mass is 19.4. The minimum absolute atomic E-state index is 0.139. The SMILES string of the molecule is CC1CN(c2ccc(CN=C(N)Nc3ccc(OC(F)(F)F)cc3)cn2)CCO1. The summed E-state index contributed by atoms with van der Waals surface area (Å²) >= 11 is 0. The van der Waals surface area contributed by atoms with E-state index < -0.39 is 6.36 Å². The Morgan fingerprint density at radius 3 is 2.69 bits per heavy atom. The number of anilines is 2. The molecule has 0 saturated carbocycles. The van der Waals surface area contributed by atoms with Crippen LogP contribution in [0.2, 0.25) is 0 Å². The number of aliphatic imine (C=N–C) groups is 1. The molecule has 0 aliphatic carbocycles. The minimum Gasteiger partial charge on any atom is -0.406 e. The van der Waals surface area contributed by atoms with E-state index in [0.717, 1.165) is 24.5 Å². The second kappa shape index (κ2) is 8.99. The van der Waals surface area contributed by atoms with Crippen LogP contribution in [-0.2, 0) is 11.3 Å². The summed E-state index contributed by atoms with van der Waals surface area (Å²) in [5, 5.41) is 2.82. The maximum Gasteiger partial charge on any atom is 0.573 e. The van der Waals surface area contributed by atoms with E-state index in [2.05, 4.69) is 24.9 Å². The molecule has 156 valence electrons. The van der Waals surface area contributed by atoms with Gasteiger partial charge in [0.15, 0.2) is 5.96 Å². The maximum atomic E-state index is 12.2. The van der Waals surface area contributed by atoms with Crippen LogP contribution in [0.3, 0.4) is 0 Å². The van der Waals surface area contributed by atoms with Gasteiger partial charge in [-0.1, -0.05) is 6.07 Å². The quantitative estimate of drug-likeness (QED) is 0.583. The summed E-state index contributed by atoms with van der Waals surface area (Å²) in [6, 6.07) is 9.09. The van der Waals surface area contributed by atoms with Crippen molar-refractivity contribution in [1.82, 2.24) is 4.98 Å². The molecule has 1 fully saturated rings. The number of guanidine groups is 1. The molecule has 1 aromatic carbocycles. The number of aromatic nitrogens is 1. The summed E-state index contributed by atoms with van der Waals surface area (Å²) in [5.41, 5.74) is 7.22. The zero-order chi connectivity index (χ0) is 20.9. The topological polar surface area (TPSA) is 85.0 Å². The molecule has 2 heterocycles. The van der Waals surface area contributed by atoms with Crippen molar-refractivity contribution in [2.75, 3.05) is 29.9 Å². The number of hydrogen-bond donors (Lipinski definition) is 2. The first-order valence-corrected chi connectivity index (χ1v) is 9.03. The number of nitrogens with zero attached hydrogens (tertiary/aromatic N) is 3. The summed E-state index contributed by atoms with van der Waals surface area (Å²) in [7, 11) is 0. The van der Waals surface area contributed by atoms with E-state index >= 15 is 0 Å². The predicted octanol–water partition coefficient (Wildman–Crippen LogP) is 3.13. The van der Waals surface area contributed by atoms with Crippen molar-refractivity contribution in [3.63, 3.8) is 0 Å². The number of nitrogens with one attached hydrogen (secondary N) is 1. The fourth-order valence-corrected chi connectivity index (χ4v) is 2.83. The van der Waals surface area contributed by atoms with E-state index in [4.69, 9.17) is 10.5 Å². The number of nitrogens with two attached hydrogens (primary N) is 1. The lowest BCUT2D eigenvalue weighted by molar-refractivity contribution is -0.274. The van der Waals surface area contributed by atoms with Crippen LogP contribution in [0, 0.1) is 0 Å². The Balaban J connectivity index is 1.53. The van der Waals surface area contributed by atoms with E-state index in [1.54, 1.807) is 6.20 Å². The van der Waals surface area contributed by atoms with E-state index in [-0.39, 0.29) is 17.8 Å². The molecular formula is C19H22F3N5O2. The summed E-state index contributed by atoms with van der Waals surface area (Å²) in [5.74, 6) is 0.722. The van der Waals surface area contributed by atoms with Crippen LogP contribution in [0.4, 0.5) is 24.7 Å². The number of halogens is 3. The fourth-order valence-electron chi connectivity index (χ4n) is 2.83. The van der Waals surface area contributed by atoms with Gasteiger partial charge in [0.2, 0.25) is 0 Å². The Morgan fingerprint density at radius 2 is 2.07 bits per heavy atom. The Labute approximate surface area is 166 Å². The molecule has 1 unspecified atom stereocenters. The molecule has 1 aliphatic rings. The normalized spacial score (nSPS) is 17.9. The van der Waals surface area contributed by atoms with Crippen LogP contribution < -0.4 is 20.7 Å². The highest BCUT2D eigenvalue weighted by molar-refractivity contribution is 5.92. The molecule has 0 spiro atoms. The molecule has 1 aromatic heterocycles. The molecule has 3 rings (SSSR count). The first-order chi connectivity index (χ1) is 13.8. The van der Waals surface area contributed by atoms with E-state index in [9.17, 15) is 13.2 Å². The van der Waals surface area contributed by atoms with E-state index in [1.165, 1.54) is 24.3 Å². The molecule has 10 heteroatoms. The van der Waals surface area contributed by atoms with Crippen LogP contribution >= 0.6 is 0 Å². The van der Waals surface area contributed by atoms with Gasteiger partial charge >= 0.3 is 6.36 Å².